The van der Waals surface area contributed by atoms with Crippen LogP contribution >= 0.6 is 0 Å². The summed E-state index contributed by atoms with van der Waals surface area (Å²) in [6.07, 6.45) is 2.36. The van der Waals surface area contributed by atoms with Crippen molar-refractivity contribution in [2.75, 3.05) is 20.3 Å². The van der Waals surface area contributed by atoms with Gasteiger partial charge in [0.25, 0.3) is 11.6 Å². The maximum atomic E-state index is 11.5. The van der Waals surface area contributed by atoms with Crippen LogP contribution in [-0.4, -0.2) is 36.1 Å². The molecule has 0 saturated carbocycles. The molecule has 0 spiro atoms. The largest absolute Gasteiger partial charge is 0.383 e. The normalized spacial score (nSPS) is 9.81. The number of amides is 1. The molecule has 86 valence electrons. The Labute approximate surface area is 91.6 Å². The molecular weight excluding hydrogens is 214 g/mol. The fraction of sp³-hybridized carbons (Fsp3) is 0.333. The molecule has 0 unspecified atom stereocenters. The first-order valence-electron chi connectivity index (χ1n) is 4.51. The van der Waals surface area contributed by atoms with Gasteiger partial charge in [0.15, 0.2) is 0 Å². The molecule has 0 aromatic carbocycles. The second-order valence-electron chi connectivity index (χ2n) is 2.94. The number of pyridine rings is 1. The Hall–Kier alpha value is -2.02. The molecule has 0 fully saturated rings. The maximum Gasteiger partial charge on any atom is 0.288 e. The number of hydrogen-bond donors (Lipinski definition) is 1. The fourth-order valence-electron chi connectivity index (χ4n) is 1.02. The lowest BCUT2D eigenvalue weighted by Gasteiger charge is -2.03. The van der Waals surface area contributed by atoms with Crippen molar-refractivity contribution in [1.29, 1.82) is 0 Å². The van der Waals surface area contributed by atoms with Gasteiger partial charge in [-0.3, -0.25) is 19.9 Å². The summed E-state index contributed by atoms with van der Waals surface area (Å²) in [5.74, 6) is -0.409. The van der Waals surface area contributed by atoms with Gasteiger partial charge in [0.1, 0.15) is 6.20 Å². The molecule has 1 aromatic heterocycles. The third-order valence-corrected chi connectivity index (χ3v) is 1.79. The van der Waals surface area contributed by atoms with Gasteiger partial charge in [-0.25, -0.2) is 0 Å². The number of nitro groups is 1. The number of rotatable bonds is 5. The van der Waals surface area contributed by atoms with Gasteiger partial charge in [0.05, 0.1) is 17.1 Å². The molecule has 0 aliphatic carbocycles. The Balaban J connectivity index is 2.68. The quantitative estimate of drug-likeness (QED) is 0.443. The SMILES string of the molecule is COCCNC(=O)c1cncc([N+](=O)[O-])c1. The van der Waals surface area contributed by atoms with E-state index < -0.39 is 10.8 Å². The van der Waals surface area contributed by atoms with E-state index in [1.54, 1.807) is 0 Å². The molecule has 16 heavy (non-hydrogen) atoms. The van der Waals surface area contributed by atoms with Crippen molar-refractivity contribution >= 4 is 11.6 Å². The zero-order valence-electron chi connectivity index (χ0n) is 8.67. The molecule has 0 aliphatic heterocycles. The Morgan fingerprint density at radius 3 is 3.00 bits per heavy atom. The highest BCUT2D eigenvalue weighted by Gasteiger charge is 2.11. The van der Waals surface area contributed by atoms with E-state index in [1.165, 1.54) is 19.4 Å². The molecule has 1 aromatic rings. The summed E-state index contributed by atoms with van der Waals surface area (Å²) in [7, 11) is 1.51. The monoisotopic (exact) mass is 225 g/mol. The van der Waals surface area contributed by atoms with Crippen molar-refractivity contribution in [3.63, 3.8) is 0 Å². The first-order valence-corrected chi connectivity index (χ1v) is 4.51. The summed E-state index contributed by atoms with van der Waals surface area (Å²) in [5, 5.41) is 13.0. The predicted molar refractivity (Wildman–Crippen MR) is 55.1 cm³/mol. The number of carbonyl (C=O) groups is 1. The van der Waals surface area contributed by atoms with Crippen LogP contribution in [0.15, 0.2) is 18.5 Å². The summed E-state index contributed by atoms with van der Waals surface area (Å²) in [6.45, 7) is 0.728. The van der Waals surface area contributed by atoms with Crippen LogP contribution < -0.4 is 5.32 Å². The Morgan fingerprint density at radius 1 is 1.62 bits per heavy atom. The smallest absolute Gasteiger partial charge is 0.288 e. The van der Waals surface area contributed by atoms with E-state index >= 15 is 0 Å². The van der Waals surface area contributed by atoms with Crippen LogP contribution in [0.2, 0.25) is 0 Å². The second-order valence-corrected chi connectivity index (χ2v) is 2.94. The van der Waals surface area contributed by atoms with Crippen molar-refractivity contribution in [3.05, 3.63) is 34.1 Å². The van der Waals surface area contributed by atoms with Crippen molar-refractivity contribution in [2.24, 2.45) is 0 Å². The molecule has 1 rings (SSSR count). The average Bonchev–Trinajstić information content (AvgIpc) is 2.29. The number of nitrogens with zero attached hydrogens (tertiary/aromatic N) is 2. The third kappa shape index (κ3) is 3.28. The molecule has 7 nitrogen and oxygen atoms in total. The highest BCUT2D eigenvalue weighted by atomic mass is 16.6. The molecule has 7 heteroatoms. The summed E-state index contributed by atoms with van der Waals surface area (Å²) < 4.78 is 4.75. The standard InChI is InChI=1S/C9H11N3O4/c1-16-3-2-11-9(13)7-4-8(12(14)15)6-10-5-7/h4-6H,2-3H2,1H3,(H,11,13). The highest BCUT2D eigenvalue weighted by Crippen LogP contribution is 2.10. The molecule has 1 amide bonds. The summed E-state index contributed by atoms with van der Waals surface area (Å²) in [4.78, 5) is 24.9. The Morgan fingerprint density at radius 2 is 2.38 bits per heavy atom. The van der Waals surface area contributed by atoms with Gasteiger partial charge in [-0.05, 0) is 0 Å². The van der Waals surface area contributed by atoms with Gasteiger partial charge in [-0.15, -0.1) is 0 Å². The molecule has 0 saturated heterocycles. The van der Waals surface area contributed by atoms with Gasteiger partial charge < -0.3 is 10.1 Å². The highest BCUT2D eigenvalue weighted by molar-refractivity contribution is 5.94. The van der Waals surface area contributed by atoms with Crippen molar-refractivity contribution in [1.82, 2.24) is 10.3 Å². The van der Waals surface area contributed by atoms with Crippen LogP contribution in [0, 0.1) is 10.1 Å². The van der Waals surface area contributed by atoms with E-state index in [1.807, 2.05) is 0 Å². The van der Waals surface area contributed by atoms with Crippen LogP contribution in [0.3, 0.4) is 0 Å². The summed E-state index contributed by atoms with van der Waals surface area (Å²) in [5.41, 5.74) is -0.0512. The third-order valence-electron chi connectivity index (χ3n) is 1.79. The Bertz CT molecular complexity index is 394. The number of methoxy groups -OCH3 is 1. The lowest BCUT2D eigenvalue weighted by molar-refractivity contribution is -0.385. The number of carbonyl (C=O) groups excluding carboxylic acids is 1. The summed E-state index contributed by atoms with van der Waals surface area (Å²) in [6, 6.07) is 1.18. The van der Waals surface area contributed by atoms with Gasteiger partial charge >= 0.3 is 0 Å². The average molecular weight is 225 g/mol. The molecular formula is C9H11N3O4. The van der Waals surface area contributed by atoms with Crippen molar-refractivity contribution in [3.8, 4) is 0 Å². The van der Waals surface area contributed by atoms with Crippen LogP contribution in [0.5, 0.6) is 0 Å². The van der Waals surface area contributed by atoms with E-state index in [9.17, 15) is 14.9 Å². The number of hydrogen-bond acceptors (Lipinski definition) is 5. The van der Waals surface area contributed by atoms with E-state index in [4.69, 9.17) is 4.74 Å². The van der Waals surface area contributed by atoms with E-state index in [0.717, 1.165) is 6.20 Å². The maximum absolute atomic E-state index is 11.5. The second kappa shape index (κ2) is 5.76. The molecule has 0 aliphatic rings. The van der Waals surface area contributed by atoms with Gasteiger partial charge in [-0.1, -0.05) is 0 Å². The first-order chi connectivity index (χ1) is 7.65. The Kier molecular flexibility index (Phi) is 4.34. The minimum Gasteiger partial charge on any atom is -0.383 e. The van der Waals surface area contributed by atoms with Gasteiger partial charge in [0.2, 0.25) is 0 Å². The zero-order valence-corrected chi connectivity index (χ0v) is 8.67. The van der Waals surface area contributed by atoms with E-state index in [0.29, 0.717) is 13.2 Å². The molecule has 1 heterocycles. The zero-order chi connectivity index (χ0) is 12.0. The lowest BCUT2D eigenvalue weighted by atomic mass is 10.2. The van der Waals surface area contributed by atoms with Crippen LogP contribution in [0.25, 0.3) is 0 Å². The minimum absolute atomic E-state index is 0.158. The summed E-state index contributed by atoms with van der Waals surface area (Å²) >= 11 is 0. The van der Waals surface area contributed by atoms with E-state index in [2.05, 4.69) is 10.3 Å². The molecule has 0 radical (unpaired) electrons. The number of ether oxygens (including phenoxy) is 1. The van der Waals surface area contributed by atoms with Crippen molar-refractivity contribution < 1.29 is 14.5 Å². The lowest BCUT2D eigenvalue weighted by Crippen LogP contribution is -2.27. The number of aromatic nitrogens is 1. The fourth-order valence-corrected chi connectivity index (χ4v) is 1.02. The van der Waals surface area contributed by atoms with E-state index in [-0.39, 0.29) is 11.3 Å². The molecule has 0 bridgehead atoms. The topological polar surface area (TPSA) is 94.4 Å². The number of nitrogens with one attached hydrogen (secondary N) is 1. The van der Waals surface area contributed by atoms with Crippen LogP contribution in [0.1, 0.15) is 10.4 Å². The van der Waals surface area contributed by atoms with Gasteiger partial charge in [0, 0.05) is 25.9 Å². The van der Waals surface area contributed by atoms with Crippen LogP contribution in [-0.2, 0) is 4.74 Å². The molecule has 1 N–H and O–H groups in total. The van der Waals surface area contributed by atoms with Gasteiger partial charge in [-0.2, -0.15) is 0 Å². The van der Waals surface area contributed by atoms with Crippen LogP contribution in [0.4, 0.5) is 5.69 Å². The van der Waals surface area contributed by atoms with Crippen molar-refractivity contribution in [2.45, 2.75) is 0 Å². The first kappa shape index (κ1) is 12.1. The predicted octanol–water partition coefficient (Wildman–Crippen LogP) is 0.366. The minimum atomic E-state index is -0.598. The molecule has 0 atom stereocenters.